The monoisotopic (exact) mass is 830 g/mol. The summed E-state index contributed by atoms with van der Waals surface area (Å²) in [6.07, 6.45) is 15.7. The zero-order valence-electron chi connectivity index (χ0n) is 34.8. The minimum atomic E-state index is -4.30. The Bertz CT molecular complexity index is 1880. The number of rotatable bonds is 16. The molecule has 0 aliphatic heterocycles. The minimum Gasteiger partial charge on any atom is -0.461 e. The Labute approximate surface area is 341 Å². The lowest BCUT2D eigenvalue weighted by atomic mass is 9.68. The van der Waals surface area contributed by atoms with Crippen molar-refractivity contribution in [2.75, 3.05) is 24.7 Å². The van der Waals surface area contributed by atoms with Crippen molar-refractivity contribution < 1.29 is 45.0 Å². The summed E-state index contributed by atoms with van der Waals surface area (Å²) in [5.41, 5.74) is 7.31. The molecule has 318 valence electrons. The minimum absolute atomic E-state index is 0.0101. The molecule has 0 heterocycles. The summed E-state index contributed by atoms with van der Waals surface area (Å²) in [6.45, 7) is 9.70. The second-order valence-electron chi connectivity index (χ2n) is 17.8. The van der Waals surface area contributed by atoms with Crippen LogP contribution in [-0.4, -0.2) is 62.6 Å². The van der Waals surface area contributed by atoms with E-state index in [0.717, 1.165) is 124 Å². The standard InChI is InChI=1S/C45H66O10S2/c1-29(2)35-25-38(30(3)4)42(44(46)54-20-22-56(48,49)50)39(26-35)31(5)24-34-18-12-13-19-37(34)36-27-40(32-14-8-6-9-15-32)43(45(47)55-21-23-57(51,52)53)41(28-36)33-16-10-7-11-17-33/h25-34,37H,6-24H2,1-5H3,(H,48,49,50)(H,51,52,53). The average molecular weight is 831 g/mol. The SMILES string of the molecule is CC(C)c1cc(C(C)C)c(C(=O)OCCS(=O)(=O)O)c(C(C)CC2CCCCC2c2cc(C3CCCCC3)c(C(=O)OCCS(=O)(=O)O)c(C3CCCCC3)c2)c1. The van der Waals surface area contributed by atoms with Crippen molar-refractivity contribution in [1.82, 2.24) is 0 Å². The maximum Gasteiger partial charge on any atom is 0.338 e. The molecule has 0 spiro atoms. The van der Waals surface area contributed by atoms with Gasteiger partial charge in [0.15, 0.2) is 0 Å². The maximum atomic E-state index is 14.1. The molecular formula is C45H66O10S2. The summed E-state index contributed by atoms with van der Waals surface area (Å²) in [4.78, 5) is 27.9. The lowest BCUT2D eigenvalue weighted by Crippen LogP contribution is -2.24. The van der Waals surface area contributed by atoms with Gasteiger partial charge in [0.1, 0.15) is 24.7 Å². The molecule has 0 amide bonds. The quantitative estimate of drug-likeness (QED) is 0.123. The van der Waals surface area contributed by atoms with Crippen LogP contribution in [-0.2, 0) is 29.7 Å². The van der Waals surface area contributed by atoms with Gasteiger partial charge in [0.2, 0.25) is 0 Å². The number of carbonyl (C=O) groups is 2. The van der Waals surface area contributed by atoms with Crippen LogP contribution in [0.2, 0.25) is 0 Å². The van der Waals surface area contributed by atoms with Gasteiger partial charge in [0.25, 0.3) is 20.2 Å². The Morgan fingerprint density at radius 2 is 1.07 bits per heavy atom. The van der Waals surface area contributed by atoms with Gasteiger partial charge in [-0.1, -0.05) is 110 Å². The Morgan fingerprint density at radius 3 is 1.54 bits per heavy atom. The van der Waals surface area contributed by atoms with Crippen LogP contribution < -0.4 is 0 Å². The highest BCUT2D eigenvalue weighted by molar-refractivity contribution is 7.86. The van der Waals surface area contributed by atoms with E-state index in [1.165, 1.54) is 5.56 Å². The zero-order valence-corrected chi connectivity index (χ0v) is 36.4. The molecule has 2 aromatic rings. The Kier molecular flexibility index (Phi) is 15.9. The van der Waals surface area contributed by atoms with E-state index in [1.54, 1.807) is 0 Å². The molecular weight excluding hydrogens is 765 g/mol. The zero-order chi connectivity index (χ0) is 41.5. The molecule has 0 bridgehead atoms. The highest BCUT2D eigenvalue weighted by Crippen LogP contribution is 2.48. The smallest absolute Gasteiger partial charge is 0.338 e. The van der Waals surface area contributed by atoms with E-state index in [4.69, 9.17) is 9.47 Å². The normalized spacial score (nSPS) is 20.8. The van der Waals surface area contributed by atoms with Crippen molar-refractivity contribution in [1.29, 1.82) is 0 Å². The second-order valence-corrected chi connectivity index (χ2v) is 20.9. The summed E-state index contributed by atoms with van der Waals surface area (Å²) >= 11 is 0. The van der Waals surface area contributed by atoms with E-state index in [9.17, 15) is 35.5 Å². The molecule has 3 aliphatic carbocycles. The van der Waals surface area contributed by atoms with Gasteiger partial charge in [-0.05, 0) is 120 Å². The summed E-state index contributed by atoms with van der Waals surface area (Å²) in [6, 6.07) is 8.76. The molecule has 0 aromatic heterocycles. The maximum absolute atomic E-state index is 14.1. The molecule has 3 aliphatic rings. The molecule has 5 rings (SSSR count). The van der Waals surface area contributed by atoms with Gasteiger partial charge in [0.05, 0.1) is 11.1 Å². The summed E-state index contributed by atoms with van der Waals surface area (Å²) in [5, 5.41) is 0. The molecule has 2 N–H and O–H groups in total. The Morgan fingerprint density at radius 1 is 0.614 bits per heavy atom. The van der Waals surface area contributed by atoms with Crippen LogP contribution >= 0.6 is 0 Å². The molecule has 3 unspecified atom stereocenters. The predicted molar refractivity (Wildman–Crippen MR) is 224 cm³/mol. The molecule has 3 fully saturated rings. The summed E-state index contributed by atoms with van der Waals surface area (Å²) in [5.74, 6) is -1.24. The number of carbonyl (C=O) groups excluding carboxylic acids is 2. The van der Waals surface area contributed by atoms with Gasteiger partial charge in [0, 0.05) is 0 Å². The van der Waals surface area contributed by atoms with Gasteiger partial charge < -0.3 is 9.47 Å². The first kappa shape index (κ1) is 45.3. The fourth-order valence-electron chi connectivity index (χ4n) is 9.89. The second kappa shape index (κ2) is 20.0. The topological polar surface area (TPSA) is 161 Å². The first-order valence-electron chi connectivity index (χ1n) is 21.5. The fourth-order valence-corrected chi connectivity index (χ4v) is 10.5. The van der Waals surface area contributed by atoms with Crippen molar-refractivity contribution in [2.24, 2.45) is 5.92 Å². The van der Waals surface area contributed by atoms with Crippen molar-refractivity contribution in [3.63, 3.8) is 0 Å². The average Bonchev–Trinajstić information content (AvgIpc) is 3.16. The molecule has 0 saturated heterocycles. The van der Waals surface area contributed by atoms with Crippen LogP contribution in [0.4, 0.5) is 0 Å². The Hall–Kier alpha value is -2.80. The summed E-state index contributed by atoms with van der Waals surface area (Å²) < 4.78 is 75.8. The fraction of sp³-hybridized carbons (Fsp3) is 0.689. The van der Waals surface area contributed by atoms with Crippen molar-refractivity contribution in [2.45, 2.75) is 166 Å². The number of hydrogen-bond donors (Lipinski definition) is 2. The molecule has 10 nitrogen and oxygen atoms in total. The van der Waals surface area contributed by atoms with E-state index in [-0.39, 0.29) is 35.5 Å². The highest BCUT2D eigenvalue weighted by atomic mass is 32.2. The van der Waals surface area contributed by atoms with Gasteiger partial charge in [-0.2, -0.15) is 16.8 Å². The number of esters is 2. The molecule has 3 saturated carbocycles. The van der Waals surface area contributed by atoms with Crippen LogP contribution in [0.5, 0.6) is 0 Å². The van der Waals surface area contributed by atoms with Crippen molar-refractivity contribution in [3.8, 4) is 0 Å². The van der Waals surface area contributed by atoms with E-state index < -0.39 is 56.9 Å². The van der Waals surface area contributed by atoms with Crippen LogP contribution in [0, 0.1) is 5.92 Å². The predicted octanol–water partition coefficient (Wildman–Crippen LogP) is 10.6. The third kappa shape index (κ3) is 12.4. The highest BCUT2D eigenvalue weighted by Gasteiger charge is 2.35. The van der Waals surface area contributed by atoms with E-state index in [0.29, 0.717) is 17.0 Å². The van der Waals surface area contributed by atoms with E-state index in [2.05, 4.69) is 45.0 Å². The Balaban J connectivity index is 1.56. The molecule has 2 aromatic carbocycles. The van der Waals surface area contributed by atoms with Gasteiger partial charge >= 0.3 is 11.9 Å². The molecule has 0 radical (unpaired) electrons. The summed E-state index contributed by atoms with van der Waals surface area (Å²) in [7, 11) is -8.58. The number of benzene rings is 2. The lowest BCUT2D eigenvalue weighted by molar-refractivity contribution is 0.0513. The molecule has 3 atom stereocenters. The van der Waals surface area contributed by atoms with Crippen LogP contribution in [0.15, 0.2) is 24.3 Å². The largest absolute Gasteiger partial charge is 0.461 e. The van der Waals surface area contributed by atoms with Crippen LogP contribution in [0.1, 0.15) is 221 Å². The lowest BCUT2D eigenvalue weighted by Gasteiger charge is -2.36. The first-order chi connectivity index (χ1) is 26.9. The number of hydrogen-bond acceptors (Lipinski definition) is 8. The van der Waals surface area contributed by atoms with Crippen LogP contribution in [0.3, 0.4) is 0 Å². The third-order valence-corrected chi connectivity index (χ3v) is 14.3. The first-order valence-corrected chi connectivity index (χ1v) is 24.7. The van der Waals surface area contributed by atoms with E-state index in [1.807, 2.05) is 13.8 Å². The van der Waals surface area contributed by atoms with Gasteiger partial charge in [-0.15, -0.1) is 0 Å². The van der Waals surface area contributed by atoms with Gasteiger partial charge in [-0.25, -0.2) is 9.59 Å². The van der Waals surface area contributed by atoms with Gasteiger partial charge in [-0.3, -0.25) is 9.11 Å². The number of ether oxygens (including phenoxy) is 2. The van der Waals surface area contributed by atoms with Crippen molar-refractivity contribution in [3.05, 3.63) is 68.8 Å². The van der Waals surface area contributed by atoms with E-state index >= 15 is 0 Å². The van der Waals surface area contributed by atoms with Crippen molar-refractivity contribution >= 4 is 32.2 Å². The van der Waals surface area contributed by atoms with Crippen LogP contribution in [0.25, 0.3) is 0 Å². The third-order valence-electron chi connectivity index (χ3n) is 12.9. The molecule has 57 heavy (non-hydrogen) atoms. The molecule has 12 heteroatoms.